The Morgan fingerprint density at radius 3 is 2.21 bits per heavy atom. The van der Waals surface area contributed by atoms with Crippen LogP contribution in [-0.2, 0) is 4.74 Å². The quantitative estimate of drug-likeness (QED) is 0.808. The Morgan fingerprint density at radius 1 is 0.895 bits per heavy atom. The molecule has 0 bridgehead atoms. The average Bonchev–Trinajstić information content (AvgIpc) is 2.43. The molecule has 19 heavy (non-hydrogen) atoms. The molecule has 1 fully saturated rings. The van der Waals surface area contributed by atoms with Crippen molar-refractivity contribution in [3.63, 3.8) is 0 Å². The molecule has 2 aromatic rings. The van der Waals surface area contributed by atoms with Gasteiger partial charge in [-0.05, 0) is 29.7 Å². The van der Waals surface area contributed by atoms with Crippen molar-refractivity contribution in [1.29, 1.82) is 0 Å². The molecule has 2 aromatic carbocycles. The minimum absolute atomic E-state index is 0.698. The van der Waals surface area contributed by atoms with E-state index in [-0.39, 0.29) is 0 Å². The molecule has 1 aliphatic heterocycles. The molecule has 0 radical (unpaired) electrons. The van der Waals surface area contributed by atoms with Gasteiger partial charge in [-0.2, -0.15) is 0 Å². The summed E-state index contributed by atoms with van der Waals surface area (Å²) in [5, 5.41) is 0. The summed E-state index contributed by atoms with van der Waals surface area (Å²) >= 11 is 0. The standard InChI is InChI=1S/C17H18O2/c1-2-4-15(5-3-1)16-6-8-17(9-7-16)19-11-10-14-12-18-13-14/h1-9,14H,10-13H2. The van der Waals surface area contributed by atoms with Crippen molar-refractivity contribution in [3.8, 4) is 16.9 Å². The van der Waals surface area contributed by atoms with Gasteiger partial charge in [0.1, 0.15) is 5.75 Å². The highest BCUT2D eigenvalue weighted by Crippen LogP contribution is 2.22. The van der Waals surface area contributed by atoms with Crippen LogP contribution in [0.3, 0.4) is 0 Å². The van der Waals surface area contributed by atoms with Crippen molar-refractivity contribution in [2.24, 2.45) is 5.92 Å². The molecule has 1 saturated heterocycles. The van der Waals surface area contributed by atoms with Crippen LogP contribution >= 0.6 is 0 Å². The van der Waals surface area contributed by atoms with Gasteiger partial charge in [0.25, 0.3) is 0 Å². The van der Waals surface area contributed by atoms with Crippen LogP contribution in [0.25, 0.3) is 11.1 Å². The minimum atomic E-state index is 0.698. The number of hydrogen-bond donors (Lipinski definition) is 0. The Labute approximate surface area is 114 Å². The first-order valence-corrected chi connectivity index (χ1v) is 6.78. The Morgan fingerprint density at radius 2 is 1.58 bits per heavy atom. The molecule has 0 atom stereocenters. The Kier molecular flexibility index (Phi) is 3.80. The normalized spacial score (nSPS) is 14.9. The Bertz CT molecular complexity index is 501. The lowest BCUT2D eigenvalue weighted by Crippen LogP contribution is -2.28. The second kappa shape index (κ2) is 5.89. The molecule has 0 N–H and O–H groups in total. The summed E-state index contributed by atoms with van der Waals surface area (Å²) in [6.07, 6.45) is 1.08. The maximum atomic E-state index is 5.75. The zero-order valence-corrected chi connectivity index (χ0v) is 10.9. The van der Waals surface area contributed by atoms with Gasteiger partial charge in [0.05, 0.1) is 19.8 Å². The first kappa shape index (κ1) is 12.2. The molecule has 0 aliphatic carbocycles. The van der Waals surface area contributed by atoms with E-state index in [0.29, 0.717) is 5.92 Å². The van der Waals surface area contributed by atoms with Gasteiger partial charge in [0.15, 0.2) is 0 Å². The summed E-state index contributed by atoms with van der Waals surface area (Å²) in [7, 11) is 0. The van der Waals surface area contributed by atoms with Crippen LogP contribution in [0.15, 0.2) is 54.6 Å². The molecule has 1 heterocycles. The number of rotatable bonds is 5. The molecular formula is C17H18O2. The van der Waals surface area contributed by atoms with E-state index in [1.807, 2.05) is 18.2 Å². The number of ether oxygens (including phenoxy) is 2. The molecule has 0 saturated carbocycles. The Balaban J connectivity index is 1.56. The van der Waals surface area contributed by atoms with E-state index >= 15 is 0 Å². The van der Waals surface area contributed by atoms with Crippen molar-refractivity contribution in [2.75, 3.05) is 19.8 Å². The van der Waals surface area contributed by atoms with Crippen LogP contribution in [0.4, 0.5) is 0 Å². The molecule has 0 spiro atoms. The van der Waals surface area contributed by atoms with E-state index in [0.717, 1.165) is 32.0 Å². The zero-order chi connectivity index (χ0) is 12.9. The monoisotopic (exact) mass is 254 g/mol. The molecule has 2 heteroatoms. The van der Waals surface area contributed by atoms with Crippen LogP contribution in [-0.4, -0.2) is 19.8 Å². The highest BCUT2D eigenvalue weighted by atomic mass is 16.5. The Hall–Kier alpha value is -1.80. The van der Waals surface area contributed by atoms with Crippen LogP contribution in [0, 0.1) is 5.92 Å². The lowest BCUT2D eigenvalue weighted by molar-refractivity contribution is -0.0401. The van der Waals surface area contributed by atoms with Gasteiger partial charge in [0, 0.05) is 5.92 Å². The highest BCUT2D eigenvalue weighted by Gasteiger charge is 2.17. The fourth-order valence-electron chi connectivity index (χ4n) is 2.17. The van der Waals surface area contributed by atoms with Crippen LogP contribution in [0.2, 0.25) is 0 Å². The third kappa shape index (κ3) is 3.15. The van der Waals surface area contributed by atoms with Gasteiger partial charge >= 0.3 is 0 Å². The van der Waals surface area contributed by atoms with E-state index in [1.165, 1.54) is 11.1 Å². The van der Waals surface area contributed by atoms with Crippen molar-refractivity contribution < 1.29 is 9.47 Å². The lowest BCUT2D eigenvalue weighted by Gasteiger charge is -2.25. The molecule has 98 valence electrons. The summed E-state index contributed by atoms with van der Waals surface area (Å²) in [5.41, 5.74) is 2.46. The third-order valence-electron chi connectivity index (χ3n) is 3.46. The van der Waals surface area contributed by atoms with Crippen LogP contribution < -0.4 is 4.74 Å². The first-order chi connectivity index (χ1) is 9.42. The topological polar surface area (TPSA) is 18.5 Å². The smallest absolute Gasteiger partial charge is 0.119 e. The second-order valence-electron chi connectivity index (χ2n) is 4.93. The van der Waals surface area contributed by atoms with Crippen LogP contribution in [0.1, 0.15) is 6.42 Å². The summed E-state index contributed by atoms with van der Waals surface area (Å²) in [5.74, 6) is 1.64. The van der Waals surface area contributed by atoms with E-state index < -0.39 is 0 Å². The zero-order valence-electron chi connectivity index (χ0n) is 10.9. The highest BCUT2D eigenvalue weighted by molar-refractivity contribution is 5.63. The largest absolute Gasteiger partial charge is 0.494 e. The third-order valence-corrected chi connectivity index (χ3v) is 3.46. The van der Waals surface area contributed by atoms with Gasteiger partial charge in [-0.15, -0.1) is 0 Å². The number of benzene rings is 2. The molecule has 0 unspecified atom stereocenters. The van der Waals surface area contributed by atoms with Gasteiger partial charge in [-0.3, -0.25) is 0 Å². The van der Waals surface area contributed by atoms with E-state index in [4.69, 9.17) is 9.47 Å². The lowest BCUT2D eigenvalue weighted by atomic mass is 10.1. The van der Waals surface area contributed by atoms with Gasteiger partial charge in [0.2, 0.25) is 0 Å². The summed E-state index contributed by atoms with van der Waals surface area (Å²) in [6.45, 7) is 2.57. The maximum absolute atomic E-state index is 5.75. The SMILES string of the molecule is c1ccc(-c2ccc(OCCC3COC3)cc2)cc1. The van der Waals surface area contributed by atoms with E-state index in [9.17, 15) is 0 Å². The fourth-order valence-corrected chi connectivity index (χ4v) is 2.17. The van der Waals surface area contributed by atoms with Crippen LogP contribution in [0.5, 0.6) is 5.75 Å². The van der Waals surface area contributed by atoms with Crippen molar-refractivity contribution >= 4 is 0 Å². The fraction of sp³-hybridized carbons (Fsp3) is 0.294. The summed E-state index contributed by atoms with van der Waals surface area (Å²) in [4.78, 5) is 0. The maximum Gasteiger partial charge on any atom is 0.119 e. The van der Waals surface area contributed by atoms with Gasteiger partial charge < -0.3 is 9.47 Å². The van der Waals surface area contributed by atoms with Gasteiger partial charge in [-0.1, -0.05) is 42.5 Å². The molecular weight excluding hydrogens is 236 g/mol. The minimum Gasteiger partial charge on any atom is -0.494 e. The molecule has 1 aliphatic rings. The molecule has 0 amide bonds. The predicted molar refractivity (Wildman–Crippen MR) is 76.3 cm³/mol. The molecule has 0 aromatic heterocycles. The van der Waals surface area contributed by atoms with Crippen molar-refractivity contribution in [1.82, 2.24) is 0 Å². The average molecular weight is 254 g/mol. The van der Waals surface area contributed by atoms with Crippen molar-refractivity contribution in [2.45, 2.75) is 6.42 Å². The second-order valence-corrected chi connectivity index (χ2v) is 4.93. The summed E-state index contributed by atoms with van der Waals surface area (Å²) in [6, 6.07) is 18.7. The molecule has 3 rings (SSSR count). The number of hydrogen-bond acceptors (Lipinski definition) is 2. The van der Waals surface area contributed by atoms with E-state index in [2.05, 4.69) is 36.4 Å². The summed E-state index contributed by atoms with van der Waals surface area (Å²) < 4.78 is 10.9. The predicted octanol–water partition coefficient (Wildman–Crippen LogP) is 3.77. The molecule has 2 nitrogen and oxygen atoms in total. The first-order valence-electron chi connectivity index (χ1n) is 6.78. The van der Waals surface area contributed by atoms with Crippen molar-refractivity contribution in [3.05, 3.63) is 54.6 Å². The van der Waals surface area contributed by atoms with E-state index in [1.54, 1.807) is 0 Å². The van der Waals surface area contributed by atoms with Gasteiger partial charge in [-0.25, -0.2) is 0 Å².